The molecule has 0 heterocycles. The molecule has 0 aliphatic heterocycles. The molecule has 0 saturated carbocycles. The van der Waals surface area contributed by atoms with Crippen LogP contribution in [0.1, 0.15) is 25.5 Å². The number of nitrogens with zero attached hydrogens (tertiary/aromatic N) is 1. The molecule has 1 aromatic carbocycles. The highest BCUT2D eigenvalue weighted by Crippen LogP contribution is 2.27. The Morgan fingerprint density at radius 3 is 2.14 bits per heavy atom. The van der Waals surface area contributed by atoms with Gasteiger partial charge in [0.15, 0.2) is 0 Å². The van der Waals surface area contributed by atoms with Crippen LogP contribution in [-0.4, -0.2) is 6.26 Å². The first-order chi connectivity index (χ1) is 6.69. The zero-order valence-electron chi connectivity index (χ0n) is 8.82. The van der Waals surface area contributed by atoms with Gasteiger partial charge < -0.3 is 0 Å². The van der Waals surface area contributed by atoms with Crippen molar-refractivity contribution in [1.82, 2.24) is 0 Å². The maximum atomic E-state index is 7.15. The predicted octanol–water partition coefficient (Wildman–Crippen LogP) is 4.14. The van der Waals surface area contributed by atoms with Crippen LogP contribution in [0.5, 0.6) is 0 Å². The second-order valence-corrected chi connectivity index (χ2v) is 4.47. The molecule has 76 valence electrons. The first-order valence-corrected chi connectivity index (χ1v) is 5.92. The van der Waals surface area contributed by atoms with E-state index in [1.54, 1.807) is 11.8 Å². The van der Waals surface area contributed by atoms with Crippen LogP contribution < -0.4 is 0 Å². The number of rotatable bonds is 4. The van der Waals surface area contributed by atoms with Crippen molar-refractivity contribution in [3.8, 4) is 0 Å². The van der Waals surface area contributed by atoms with Crippen LogP contribution in [0.3, 0.4) is 0 Å². The quantitative estimate of drug-likeness (QED) is 0.586. The van der Waals surface area contributed by atoms with E-state index in [4.69, 9.17) is 5.53 Å². The number of benzene rings is 1. The highest BCUT2D eigenvalue weighted by atomic mass is 32.2. The van der Waals surface area contributed by atoms with Crippen molar-refractivity contribution in [3.05, 3.63) is 29.8 Å². The van der Waals surface area contributed by atoms with Crippen LogP contribution >= 0.6 is 11.8 Å². The van der Waals surface area contributed by atoms with E-state index in [1.165, 1.54) is 4.90 Å². The summed E-state index contributed by atoms with van der Waals surface area (Å²) in [6, 6.07) is 8.30. The minimum atomic E-state index is 0.00547. The van der Waals surface area contributed by atoms with Crippen molar-refractivity contribution in [1.29, 1.82) is 5.53 Å². The molecule has 0 saturated heterocycles. The minimum absolute atomic E-state index is 0.00547. The SMILES string of the molecule is CSc1ccc(C(N=N)C(C)C)cc1. The highest BCUT2D eigenvalue weighted by molar-refractivity contribution is 7.98. The Balaban J connectivity index is 2.89. The van der Waals surface area contributed by atoms with E-state index in [1.807, 2.05) is 0 Å². The van der Waals surface area contributed by atoms with Gasteiger partial charge in [0.05, 0.1) is 6.04 Å². The fraction of sp³-hybridized carbons (Fsp3) is 0.455. The molecular formula is C11H16N2S. The first-order valence-electron chi connectivity index (χ1n) is 4.69. The summed E-state index contributed by atoms with van der Waals surface area (Å²) in [5, 5.41) is 3.66. The average Bonchev–Trinajstić information content (AvgIpc) is 2.19. The molecule has 1 atom stereocenters. The lowest BCUT2D eigenvalue weighted by Crippen LogP contribution is -2.02. The van der Waals surface area contributed by atoms with Crippen LogP contribution in [0.4, 0.5) is 0 Å². The third-order valence-corrected chi connectivity index (χ3v) is 2.97. The maximum absolute atomic E-state index is 7.15. The van der Waals surface area contributed by atoms with Crippen molar-refractivity contribution in [2.45, 2.75) is 24.8 Å². The van der Waals surface area contributed by atoms with Gasteiger partial charge in [0.1, 0.15) is 0 Å². The van der Waals surface area contributed by atoms with Gasteiger partial charge in [-0.05, 0) is 29.9 Å². The van der Waals surface area contributed by atoms with E-state index < -0.39 is 0 Å². The summed E-state index contributed by atoms with van der Waals surface area (Å²) < 4.78 is 0. The Morgan fingerprint density at radius 2 is 1.79 bits per heavy atom. The van der Waals surface area contributed by atoms with Gasteiger partial charge in [-0.25, -0.2) is 5.53 Å². The summed E-state index contributed by atoms with van der Waals surface area (Å²) in [4.78, 5) is 1.25. The lowest BCUT2D eigenvalue weighted by Gasteiger charge is -2.14. The summed E-state index contributed by atoms with van der Waals surface area (Å²) in [5.74, 6) is 0.382. The van der Waals surface area contributed by atoms with Gasteiger partial charge in [0, 0.05) is 4.90 Å². The molecule has 0 radical (unpaired) electrons. The van der Waals surface area contributed by atoms with Crippen LogP contribution in [0.2, 0.25) is 0 Å². The predicted molar refractivity (Wildman–Crippen MR) is 60.9 cm³/mol. The van der Waals surface area contributed by atoms with Crippen LogP contribution in [0.25, 0.3) is 0 Å². The van der Waals surface area contributed by atoms with Crippen LogP contribution in [0.15, 0.2) is 34.3 Å². The fourth-order valence-corrected chi connectivity index (χ4v) is 1.82. The topological polar surface area (TPSA) is 36.2 Å². The average molecular weight is 208 g/mol. The van der Waals surface area contributed by atoms with Crippen molar-refractivity contribution < 1.29 is 0 Å². The van der Waals surface area contributed by atoms with Gasteiger partial charge in [0.2, 0.25) is 0 Å². The molecule has 0 aliphatic rings. The zero-order chi connectivity index (χ0) is 10.6. The van der Waals surface area contributed by atoms with Gasteiger partial charge in [-0.1, -0.05) is 26.0 Å². The molecular weight excluding hydrogens is 192 g/mol. The van der Waals surface area contributed by atoms with Crippen LogP contribution in [0, 0.1) is 11.4 Å². The van der Waals surface area contributed by atoms with E-state index in [0.29, 0.717) is 5.92 Å². The molecule has 0 amide bonds. The molecule has 0 aliphatic carbocycles. The van der Waals surface area contributed by atoms with Crippen LogP contribution in [-0.2, 0) is 0 Å². The normalized spacial score (nSPS) is 12.9. The molecule has 1 aromatic rings. The number of hydrogen-bond donors (Lipinski definition) is 1. The number of hydrogen-bond acceptors (Lipinski definition) is 3. The van der Waals surface area contributed by atoms with Gasteiger partial charge in [-0.3, -0.25) is 0 Å². The Kier molecular flexibility index (Phi) is 4.14. The third-order valence-electron chi connectivity index (χ3n) is 2.23. The molecule has 1 unspecified atom stereocenters. The Morgan fingerprint density at radius 1 is 1.21 bits per heavy atom. The monoisotopic (exact) mass is 208 g/mol. The molecule has 3 heteroatoms. The summed E-state index contributed by atoms with van der Waals surface area (Å²) in [7, 11) is 0. The first kappa shape index (κ1) is 11.2. The van der Waals surface area contributed by atoms with Gasteiger partial charge in [0.25, 0.3) is 0 Å². The van der Waals surface area contributed by atoms with E-state index in [0.717, 1.165) is 5.56 Å². The Labute approximate surface area is 89.6 Å². The molecule has 1 N–H and O–H groups in total. The molecule has 14 heavy (non-hydrogen) atoms. The van der Waals surface area contributed by atoms with E-state index in [9.17, 15) is 0 Å². The molecule has 0 fully saturated rings. The second-order valence-electron chi connectivity index (χ2n) is 3.59. The largest absolute Gasteiger partial charge is 0.209 e. The van der Waals surface area contributed by atoms with Crippen molar-refractivity contribution >= 4 is 11.8 Å². The second kappa shape index (κ2) is 5.15. The maximum Gasteiger partial charge on any atom is 0.0977 e. The zero-order valence-corrected chi connectivity index (χ0v) is 9.64. The fourth-order valence-electron chi connectivity index (χ4n) is 1.41. The molecule has 0 bridgehead atoms. The molecule has 1 rings (SSSR count). The highest BCUT2D eigenvalue weighted by Gasteiger charge is 2.13. The van der Waals surface area contributed by atoms with E-state index in [2.05, 4.69) is 49.5 Å². The molecule has 2 nitrogen and oxygen atoms in total. The Bertz CT molecular complexity index is 293. The van der Waals surface area contributed by atoms with Crippen molar-refractivity contribution in [3.63, 3.8) is 0 Å². The smallest absolute Gasteiger partial charge is 0.0977 e. The summed E-state index contributed by atoms with van der Waals surface area (Å²) in [6.07, 6.45) is 2.06. The molecule has 0 aromatic heterocycles. The van der Waals surface area contributed by atoms with Crippen molar-refractivity contribution in [2.24, 2.45) is 11.0 Å². The number of thioether (sulfide) groups is 1. The van der Waals surface area contributed by atoms with Crippen molar-refractivity contribution in [2.75, 3.05) is 6.26 Å². The lowest BCUT2D eigenvalue weighted by atomic mass is 9.97. The lowest BCUT2D eigenvalue weighted by molar-refractivity contribution is 0.488. The minimum Gasteiger partial charge on any atom is -0.209 e. The van der Waals surface area contributed by atoms with E-state index in [-0.39, 0.29) is 6.04 Å². The van der Waals surface area contributed by atoms with Gasteiger partial charge in [-0.2, -0.15) is 5.11 Å². The summed E-state index contributed by atoms with van der Waals surface area (Å²) >= 11 is 1.73. The third kappa shape index (κ3) is 2.58. The number of nitrogens with one attached hydrogen (secondary N) is 1. The summed E-state index contributed by atoms with van der Waals surface area (Å²) in [6.45, 7) is 4.18. The Hall–Kier alpha value is -0.830. The van der Waals surface area contributed by atoms with Gasteiger partial charge in [-0.15, -0.1) is 11.8 Å². The standard InChI is InChI=1S/C11H16N2S/c1-8(2)11(13-12)9-4-6-10(14-3)7-5-9/h4-8,11-12H,1-3H3. The van der Waals surface area contributed by atoms with E-state index >= 15 is 0 Å². The van der Waals surface area contributed by atoms with Gasteiger partial charge >= 0.3 is 0 Å². The molecule has 0 spiro atoms. The summed E-state index contributed by atoms with van der Waals surface area (Å²) in [5.41, 5.74) is 8.28.